The van der Waals surface area contributed by atoms with Gasteiger partial charge in [0.25, 0.3) is 0 Å². The highest BCUT2D eigenvalue weighted by Gasteiger charge is 2.10. The van der Waals surface area contributed by atoms with Crippen LogP contribution in [0.4, 0.5) is 0 Å². The van der Waals surface area contributed by atoms with Gasteiger partial charge in [-0.2, -0.15) is 0 Å². The first-order valence-electron chi connectivity index (χ1n) is 3.66. The fourth-order valence-corrected chi connectivity index (χ4v) is 3.28. The molecule has 1 aliphatic rings. The van der Waals surface area contributed by atoms with Gasteiger partial charge in [-0.15, -0.1) is 23.1 Å². The number of fused-ring (bicyclic) bond motifs is 1. The zero-order valence-corrected chi connectivity index (χ0v) is 8.06. The monoisotopic (exact) mass is 186 g/mol. The van der Waals surface area contributed by atoms with Crippen LogP contribution >= 0.6 is 23.1 Å². The van der Waals surface area contributed by atoms with E-state index >= 15 is 0 Å². The van der Waals surface area contributed by atoms with E-state index in [1.807, 2.05) is 23.1 Å². The second-order valence-corrected chi connectivity index (χ2v) is 5.02. The topological polar surface area (TPSA) is 9.23 Å². The first-order valence-corrected chi connectivity index (χ1v) is 5.46. The van der Waals surface area contributed by atoms with Crippen molar-refractivity contribution in [2.24, 2.45) is 0 Å². The zero-order chi connectivity index (χ0) is 7.68. The van der Waals surface area contributed by atoms with E-state index in [1.54, 1.807) is 0 Å². The number of ether oxygens (including phenoxy) is 1. The quantitative estimate of drug-likeness (QED) is 0.616. The lowest BCUT2D eigenvalue weighted by atomic mass is 10.4. The lowest BCUT2D eigenvalue weighted by Gasteiger charge is -1.93. The molecular formula is C8H10OS2. The Kier molecular flexibility index (Phi) is 2.20. The summed E-state index contributed by atoms with van der Waals surface area (Å²) in [6.07, 6.45) is 0. The summed E-state index contributed by atoms with van der Waals surface area (Å²) < 4.78 is 5.42. The molecule has 1 aliphatic heterocycles. The van der Waals surface area contributed by atoms with Crippen molar-refractivity contribution in [3.05, 3.63) is 15.8 Å². The van der Waals surface area contributed by atoms with Gasteiger partial charge in [-0.05, 0) is 13.0 Å². The fourth-order valence-electron chi connectivity index (χ4n) is 1.14. The summed E-state index contributed by atoms with van der Waals surface area (Å²) in [5, 5.41) is 0. The first kappa shape index (κ1) is 7.65. The summed E-state index contributed by atoms with van der Waals surface area (Å²) in [6, 6.07) is 2.26. The molecule has 3 heteroatoms. The van der Waals surface area contributed by atoms with Crippen LogP contribution in [0.5, 0.6) is 0 Å². The maximum Gasteiger partial charge on any atom is 0.0821 e. The second kappa shape index (κ2) is 3.17. The van der Waals surface area contributed by atoms with Gasteiger partial charge in [0.15, 0.2) is 0 Å². The predicted octanol–water partition coefficient (Wildman–Crippen LogP) is 2.68. The number of thiophene rings is 1. The van der Waals surface area contributed by atoms with E-state index in [-0.39, 0.29) is 0 Å². The highest BCUT2D eigenvalue weighted by atomic mass is 32.2. The Morgan fingerprint density at radius 3 is 3.36 bits per heavy atom. The molecule has 0 aromatic carbocycles. The number of hydrogen-bond acceptors (Lipinski definition) is 3. The number of aryl methyl sites for hydroxylation is 1. The van der Waals surface area contributed by atoms with Crippen LogP contribution < -0.4 is 0 Å². The molecule has 0 amide bonds. The van der Waals surface area contributed by atoms with E-state index in [0.29, 0.717) is 0 Å². The van der Waals surface area contributed by atoms with E-state index in [9.17, 15) is 0 Å². The zero-order valence-electron chi connectivity index (χ0n) is 6.42. The summed E-state index contributed by atoms with van der Waals surface area (Å²) in [6.45, 7) is 3.87. The van der Waals surface area contributed by atoms with Crippen molar-refractivity contribution in [3.63, 3.8) is 0 Å². The molecule has 0 N–H and O–H groups in total. The second-order valence-electron chi connectivity index (χ2n) is 2.55. The highest BCUT2D eigenvalue weighted by Crippen LogP contribution is 2.32. The van der Waals surface area contributed by atoms with Crippen molar-refractivity contribution in [2.45, 2.75) is 18.4 Å². The van der Waals surface area contributed by atoms with Gasteiger partial charge >= 0.3 is 0 Å². The lowest BCUT2D eigenvalue weighted by molar-refractivity contribution is 0.139. The SMILES string of the molecule is Cc1cc2c(s1)COCCS2. The third-order valence-corrected chi connectivity index (χ3v) is 3.81. The van der Waals surface area contributed by atoms with Gasteiger partial charge in [-0.25, -0.2) is 0 Å². The number of thioether (sulfide) groups is 1. The third-order valence-electron chi connectivity index (χ3n) is 1.61. The molecule has 0 unspecified atom stereocenters. The van der Waals surface area contributed by atoms with E-state index < -0.39 is 0 Å². The highest BCUT2D eigenvalue weighted by molar-refractivity contribution is 7.99. The Hall–Kier alpha value is 0.01000. The van der Waals surface area contributed by atoms with Crippen molar-refractivity contribution >= 4 is 23.1 Å². The van der Waals surface area contributed by atoms with Gasteiger partial charge in [0.1, 0.15) is 0 Å². The van der Waals surface area contributed by atoms with E-state index in [1.165, 1.54) is 14.6 Å². The summed E-state index contributed by atoms with van der Waals surface area (Å²) in [7, 11) is 0. The van der Waals surface area contributed by atoms with Crippen LogP contribution in [0.15, 0.2) is 11.0 Å². The fraction of sp³-hybridized carbons (Fsp3) is 0.500. The Balaban J connectivity index is 2.32. The van der Waals surface area contributed by atoms with Gasteiger partial charge < -0.3 is 4.74 Å². The minimum absolute atomic E-state index is 0.820. The molecule has 0 saturated heterocycles. The Morgan fingerprint density at radius 1 is 1.55 bits per heavy atom. The van der Waals surface area contributed by atoms with Gasteiger partial charge in [0.05, 0.1) is 13.2 Å². The summed E-state index contributed by atoms with van der Waals surface area (Å²) in [5.74, 6) is 1.10. The molecule has 2 heterocycles. The third kappa shape index (κ3) is 1.60. The Morgan fingerprint density at radius 2 is 2.45 bits per heavy atom. The molecule has 0 radical (unpaired) electrons. The first-order chi connectivity index (χ1) is 5.36. The number of rotatable bonds is 0. The van der Waals surface area contributed by atoms with Crippen LogP contribution in [-0.2, 0) is 11.3 Å². The average Bonchev–Trinajstić information content (AvgIpc) is 2.17. The largest absolute Gasteiger partial charge is 0.375 e. The minimum Gasteiger partial charge on any atom is -0.375 e. The Bertz CT molecular complexity index is 231. The van der Waals surface area contributed by atoms with Crippen LogP contribution in [0.3, 0.4) is 0 Å². The molecule has 60 valence electrons. The van der Waals surface area contributed by atoms with Crippen LogP contribution in [0.25, 0.3) is 0 Å². The molecule has 2 rings (SSSR count). The van der Waals surface area contributed by atoms with Gasteiger partial charge in [0.2, 0.25) is 0 Å². The molecule has 0 aliphatic carbocycles. The molecule has 0 saturated carbocycles. The average molecular weight is 186 g/mol. The molecule has 11 heavy (non-hydrogen) atoms. The van der Waals surface area contributed by atoms with Gasteiger partial charge in [-0.3, -0.25) is 0 Å². The summed E-state index contributed by atoms with van der Waals surface area (Å²) in [4.78, 5) is 4.24. The predicted molar refractivity (Wildman–Crippen MR) is 49.4 cm³/mol. The van der Waals surface area contributed by atoms with Crippen LogP contribution in [0.2, 0.25) is 0 Å². The normalized spacial score (nSPS) is 17.5. The molecule has 0 bridgehead atoms. The van der Waals surface area contributed by atoms with Crippen LogP contribution in [-0.4, -0.2) is 12.4 Å². The Labute approximate surface area is 74.8 Å². The maximum absolute atomic E-state index is 5.42. The molecular weight excluding hydrogens is 176 g/mol. The summed E-state index contributed by atoms with van der Waals surface area (Å²) >= 11 is 3.77. The van der Waals surface area contributed by atoms with Crippen molar-refractivity contribution in [2.75, 3.05) is 12.4 Å². The smallest absolute Gasteiger partial charge is 0.0821 e. The maximum atomic E-state index is 5.42. The summed E-state index contributed by atoms with van der Waals surface area (Å²) in [5.41, 5.74) is 0. The molecule has 0 atom stereocenters. The van der Waals surface area contributed by atoms with Gasteiger partial charge in [-0.1, -0.05) is 0 Å². The van der Waals surface area contributed by atoms with Gasteiger partial charge in [0, 0.05) is 20.4 Å². The number of hydrogen-bond donors (Lipinski definition) is 0. The molecule has 1 aromatic rings. The van der Waals surface area contributed by atoms with Crippen molar-refractivity contribution in [3.8, 4) is 0 Å². The van der Waals surface area contributed by atoms with Crippen LogP contribution in [0.1, 0.15) is 9.75 Å². The standard InChI is InChI=1S/C8H10OS2/c1-6-4-7-8(11-6)5-9-2-3-10-7/h4H,2-3,5H2,1H3. The molecule has 1 aromatic heterocycles. The van der Waals surface area contributed by atoms with Crippen molar-refractivity contribution in [1.82, 2.24) is 0 Å². The van der Waals surface area contributed by atoms with E-state index in [0.717, 1.165) is 19.0 Å². The van der Waals surface area contributed by atoms with E-state index in [2.05, 4.69) is 13.0 Å². The minimum atomic E-state index is 0.820. The molecule has 1 nitrogen and oxygen atoms in total. The molecule has 0 fully saturated rings. The van der Waals surface area contributed by atoms with E-state index in [4.69, 9.17) is 4.74 Å². The lowest BCUT2D eigenvalue weighted by Crippen LogP contribution is -1.91. The van der Waals surface area contributed by atoms with Crippen molar-refractivity contribution in [1.29, 1.82) is 0 Å². The molecule has 0 spiro atoms. The van der Waals surface area contributed by atoms with Crippen LogP contribution in [0, 0.1) is 6.92 Å². The van der Waals surface area contributed by atoms with Crippen molar-refractivity contribution < 1.29 is 4.74 Å².